The first-order valence-electron chi connectivity index (χ1n) is 12.7. The monoisotopic (exact) mass is 507 g/mol. The van der Waals surface area contributed by atoms with E-state index in [0.29, 0.717) is 18.3 Å². The second-order valence-corrected chi connectivity index (χ2v) is 11.7. The molecule has 192 valence electrons. The summed E-state index contributed by atoms with van der Waals surface area (Å²) < 4.78 is 34.0. The van der Waals surface area contributed by atoms with E-state index in [1.807, 2.05) is 51.1 Å². The lowest BCUT2D eigenvalue weighted by molar-refractivity contribution is 0.0818. The Bertz CT molecular complexity index is 1240. The number of rotatable bonds is 9. The normalized spacial score (nSPS) is 16.8. The van der Waals surface area contributed by atoms with E-state index in [9.17, 15) is 8.42 Å². The van der Waals surface area contributed by atoms with Gasteiger partial charge in [-0.05, 0) is 69.5 Å². The second-order valence-electron chi connectivity index (χ2n) is 9.69. The molecular formula is C29H37N3O3S. The molecular weight excluding hydrogens is 470 g/mol. The highest BCUT2D eigenvalue weighted by Crippen LogP contribution is 2.32. The maximum Gasteiger partial charge on any atom is 0.264 e. The van der Waals surface area contributed by atoms with E-state index in [4.69, 9.17) is 4.74 Å². The molecule has 4 rings (SSSR count). The molecule has 0 radical (unpaired) electrons. The van der Waals surface area contributed by atoms with Crippen molar-refractivity contribution in [3.8, 4) is 5.75 Å². The zero-order chi connectivity index (χ0) is 25.7. The number of hydrogen-bond donors (Lipinski definition) is 1. The van der Waals surface area contributed by atoms with Gasteiger partial charge in [0.05, 0.1) is 16.7 Å². The van der Waals surface area contributed by atoms with Gasteiger partial charge < -0.3 is 4.74 Å². The minimum Gasteiger partial charge on any atom is -0.491 e. The number of benzene rings is 3. The number of hydrazine groups is 1. The van der Waals surface area contributed by atoms with Gasteiger partial charge in [-0.2, -0.15) is 0 Å². The van der Waals surface area contributed by atoms with Crippen LogP contribution in [0.4, 0.5) is 5.69 Å². The van der Waals surface area contributed by atoms with Crippen LogP contribution in [0, 0.1) is 6.92 Å². The lowest BCUT2D eigenvalue weighted by atomic mass is 9.97. The Hall–Kier alpha value is -2.87. The Balaban J connectivity index is 1.59. The van der Waals surface area contributed by atoms with Crippen molar-refractivity contribution in [2.24, 2.45) is 0 Å². The summed E-state index contributed by atoms with van der Waals surface area (Å²) in [4.78, 5) is 0.275. The third-order valence-corrected chi connectivity index (χ3v) is 8.41. The second kappa shape index (κ2) is 11.5. The minimum absolute atomic E-state index is 0.00988. The number of nitrogens with zero attached hydrogens (tertiary/aromatic N) is 2. The fraction of sp³-hybridized carbons (Fsp3) is 0.379. The predicted molar refractivity (Wildman–Crippen MR) is 146 cm³/mol. The van der Waals surface area contributed by atoms with Gasteiger partial charge in [0.15, 0.2) is 0 Å². The van der Waals surface area contributed by atoms with Crippen LogP contribution in [0.2, 0.25) is 0 Å². The third-order valence-electron chi connectivity index (χ3n) is 6.61. The molecule has 1 fully saturated rings. The molecule has 1 N–H and O–H groups in total. The van der Waals surface area contributed by atoms with Crippen molar-refractivity contribution in [3.05, 3.63) is 89.5 Å². The van der Waals surface area contributed by atoms with Gasteiger partial charge in [-0.1, -0.05) is 54.4 Å². The molecule has 3 aromatic rings. The van der Waals surface area contributed by atoms with E-state index in [2.05, 4.69) is 34.7 Å². The lowest BCUT2D eigenvalue weighted by Crippen LogP contribution is -2.43. The fourth-order valence-corrected chi connectivity index (χ4v) is 5.79. The molecule has 1 aliphatic rings. The molecule has 36 heavy (non-hydrogen) atoms. The van der Waals surface area contributed by atoms with Crippen LogP contribution in [0.1, 0.15) is 55.8 Å². The van der Waals surface area contributed by atoms with E-state index >= 15 is 0 Å². The molecule has 1 atom stereocenters. The molecule has 0 amide bonds. The van der Waals surface area contributed by atoms with Crippen molar-refractivity contribution in [1.82, 2.24) is 10.4 Å². The first-order valence-corrected chi connectivity index (χ1v) is 14.1. The molecule has 0 aromatic heterocycles. The van der Waals surface area contributed by atoms with Crippen LogP contribution in [0.15, 0.2) is 77.7 Å². The quantitative estimate of drug-likeness (QED) is 0.394. The number of sulfonamides is 1. The molecule has 0 spiro atoms. The van der Waals surface area contributed by atoms with Crippen molar-refractivity contribution in [3.63, 3.8) is 0 Å². The number of anilines is 1. The summed E-state index contributed by atoms with van der Waals surface area (Å²) in [5, 5.41) is 2.32. The van der Waals surface area contributed by atoms with Gasteiger partial charge in [0.1, 0.15) is 5.75 Å². The smallest absolute Gasteiger partial charge is 0.264 e. The van der Waals surface area contributed by atoms with Crippen molar-refractivity contribution < 1.29 is 13.2 Å². The molecule has 3 aromatic carbocycles. The molecule has 1 saturated heterocycles. The van der Waals surface area contributed by atoms with Gasteiger partial charge in [-0.15, -0.1) is 0 Å². The summed E-state index contributed by atoms with van der Waals surface area (Å²) in [6.07, 6.45) is 3.46. The van der Waals surface area contributed by atoms with E-state index in [-0.39, 0.29) is 11.0 Å². The Morgan fingerprint density at radius 1 is 1.03 bits per heavy atom. The van der Waals surface area contributed by atoms with E-state index < -0.39 is 10.0 Å². The first-order chi connectivity index (χ1) is 17.3. The highest BCUT2D eigenvalue weighted by atomic mass is 32.2. The average Bonchev–Trinajstić information content (AvgIpc) is 2.88. The topological polar surface area (TPSA) is 61.9 Å². The zero-order valence-electron chi connectivity index (χ0n) is 21.6. The van der Waals surface area contributed by atoms with Gasteiger partial charge in [0, 0.05) is 31.7 Å². The summed E-state index contributed by atoms with van der Waals surface area (Å²) in [6.45, 7) is 7.43. The number of piperidine rings is 1. The van der Waals surface area contributed by atoms with Gasteiger partial charge in [-0.25, -0.2) is 13.4 Å². The van der Waals surface area contributed by atoms with Gasteiger partial charge in [0.2, 0.25) is 0 Å². The highest BCUT2D eigenvalue weighted by Gasteiger charge is 2.25. The number of aryl methyl sites for hydroxylation is 1. The van der Waals surface area contributed by atoms with Crippen molar-refractivity contribution in [1.29, 1.82) is 0 Å². The Morgan fingerprint density at radius 3 is 2.44 bits per heavy atom. The summed E-state index contributed by atoms with van der Waals surface area (Å²) in [5.41, 5.74) is 7.47. The van der Waals surface area contributed by atoms with E-state index in [1.165, 1.54) is 16.3 Å². The molecule has 0 saturated carbocycles. The maximum atomic E-state index is 13.3. The molecule has 6 nitrogen and oxygen atoms in total. The summed E-state index contributed by atoms with van der Waals surface area (Å²) >= 11 is 0. The Kier molecular flexibility index (Phi) is 8.34. The maximum absolute atomic E-state index is 13.3. The molecule has 1 heterocycles. The molecule has 7 heteroatoms. The van der Waals surface area contributed by atoms with Gasteiger partial charge in [-0.3, -0.25) is 9.73 Å². The summed E-state index contributed by atoms with van der Waals surface area (Å²) in [7, 11) is -2.08. The van der Waals surface area contributed by atoms with Crippen LogP contribution in [0.3, 0.4) is 0 Å². The first kappa shape index (κ1) is 26.2. The Labute approximate surface area is 215 Å². The van der Waals surface area contributed by atoms with Crippen molar-refractivity contribution >= 4 is 15.7 Å². The van der Waals surface area contributed by atoms with Crippen LogP contribution in [-0.4, -0.2) is 33.1 Å². The van der Waals surface area contributed by atoms with Crippen LogP contribution in [-0.2, 0) is 16.6 Å². The average molecular weight is 508 g/mol. The lowest BCUT2D eigenvalue weighted by Gasteiger charge is -2.36. The number of nitrogens with one attached hydrogen (secondary N) is 1. The van der Waals surface area contributed by atoms with Gasteiger partial charge in [0.25, 0.3) is 10.0 Å². The van der Waals surface area contributed by atoms with Gasteiger partial charge >= 0.3 is 0 Å². The largest absolute Gasteiger partial charge is 0.491 e. The Morgan fingerprint density at radius 2 is 1.75 bits per heavy atom. The highest BCUT2D eigenvalue weighted by molar-refractivity contribution is 7.92. The number of ether oxygens (including phenoxy) is 1. The minimum atomic E-state index is -3.68. The van der Waals surface area contributed by atoms with E-state index in [1.54, 1.807) is 25.2 Å². The van der Waals surface area contributed by atoms with E-state index in [0.717, 1.165) is 36.3 Å². The van der Waals surface area contributed by atoms with Crippen LogP contribution in [0.5, 0.6) is 5.75 Å². The summed E-state index contributed by atoms with van der Waals surface area (Å²) in [6, 6.07) is 23.4. The van der Waals surface area contributed by atoms with Crippen molar-refractivity contribution in [2.75, 3.05) is 17.9 Å². The summed E-state index contributed by atoms with van der Waals surface area (Å²) in [5.74, 6) is 0.760. The number of hydrogen-bond acceptors (Lipinski definition) is 5. The van der Waals surface area contributed by atoms with Crippen molar-refractivity contribution in [2.45, 2.75) is 63.6 Å². The SMILES string of the molecule is Cc1ccc(S(=O)(=O)N(C)c2ccc(OC(C)C)c(CNN3CCCCC3c3ccccc3)c2)cc1. The van der Waals surface area contributed by atoms with Crippen LogP contribution in [0.25, 0.3) is 0 Å². The molecule has 1 unspecified atom stereocenters. The predicted octanol–water partition coefficient (Wildman–Crippen LogP) is 5.84. The van der Waals surface area contributed by atoms with Crippen LogP contribution < -0.4 is 14.5 Å². The molecule has 0 bridgehead atoms. The molecule has 0 aliphatic carbocycles. The fourth-order valence-electron chi connectivity index (χ4n) is 4.61. The molecule has 1 aliphatic heterocycles. The third kappa shape index (κ3) is 6.09. The standard InChI is InChI=1S/C29H37N3O3S/c1-22(2)35-29-18-15-26(31(4)36(33,34)27-16-13-23(3)14-17-27)20-25(29)21-30-32-19-9-8-12-28(32)24-10-6-5-7-11-24/h5-7,10-11,13-18,20,22,28,30H,8-9,12,19,21H2,1-4H3. The zero-order valence-corrected chi connectivity index (χ0v) is 22.5. The van der Waals surface area contributed by atoms with Crippen LogP contribution >= 0.6 is 0 Å².